The Kier molecular flexibility index (Phi) is 5.82. The van der Waals surface area contributed by atoms with Crippen molar-refractivity contribution in [3.63, 3.8) is 0 Å². The maximum absolute atomic E-state index is 11.4. The second kappa shape index (κ2) is 8.07. The molecule has 0 fully saturated rings. The smallest absolute Gasteiger partial charge is 0.407 e. The molecule has 1 amide bonds. The molecule has 2 rings (SSSR count). The number of ether oxygens (including phenoxy) is 1. The number of benzene rings is 1. The number of para-hydroxylation sites is 1. The number of carbonyl (C=O) groups is 1. The van der Waals surface area contributed by atoms with Gasteiger partial charge in [0.2, 0.25) is 0 Å². The van der Waals surface area contributed by atoms with Crippen LogP contribution in [-0.4, -0.2) is 30.8 Å². The van der Waals surface area contributed by atoms with E-state index < -0.39 is 0 Å². The van der Waals surface area contributed by atoms with Crippen molar-refractivity contribution in [1.82, 2.24) is 10.3 Å². The molecule has 0 saturated heterocycles. The number of nitrogens with two attached hydrogens (primary N) is 1. The SMILES string of the molecule is CCCCOC(=O)NCCNc1c(N)cnc2ccccc12. The minimum absolute atomic E-state index is 0.386. The van der Waals surface area contributed by atoms with Crippen LogP contribution in [0.5, 0.6) is 0 Å². The normalized spacial score (nSPS) is 10.4. The Balaban J connectivity index is 1.85. The third-order valence-corrected chi connectivity index (χ3v) is 3.23. The zero-order valence-electron chi connectivity index (χ0n) is 12.8. The standard InChI is InChI=1S/C16H22N4O2/c1-2-3-10-22-16(21)19-9-8-18-15-12-6-4-5-7-14(12)20-11-13(15)17/h4-7,11H,2-3,8-10,17H2,1H3,(H,18,20)(H,19,21). The minimum atomic E-state index is -0.386. The lowest BCUT2D eigenvalue weighted by molar-refractivity contribution is 0.145. The summed E-state index contributed by atoms with van der Waals surface area (Å²) in [6.07, 6.45) is 3.13. The van der Waals surface area contributed by atoms with E-state index in [1.807, 2.05) is 24.3 Å². The first kappa shape index (κ1) is 15.9. The van der Waals surface area contributed by atoms with Crippen molar-refractivity contribution in [2.45, 2.75) is 19.8 Å². The number of nitrogens with zero attached hydrogens (tertiary/aromatic N) is 1. The Hall–Kier alpha value is -2.50. The number of carbonyl (C=O) groups excluding carboxylic acids is 1. The van der Waals surface area contributed by atoms with Crippen LogP contribution in [0.2, 0.25) is 0 Å². The van der Waals surface area contributed by atoms with Gasteiger partial charge < -0.3 is 21.1 Å². The van der Waals surface area contributed by atoms with Crippen LogP contribution in [-0.2, 0) is 4.74 Å². The van der Waals surface area contributed by atoms with Gasteiger partial charge in [-0.2, -0.15) is 0 Å². The van der Waals surface area contributed by atoms with Gasteiger partial charge in [-0.1, -0.05) is 31.5 Å². The van der Waals surface area contributed by atoms with Gasteiger partial charge in [-0.25, -0.2) is 4.79 Å². The molecular formula is C16H22N4O2. The lowest BCUT2D eigenvalue weighted by atomic mass is 10.1. The summed E-state index contributed by atoms with van der Waals surface area (Å²) in [5, 5.41) is 6.91. The molecule has 0 aliphatic heterocycles. The predicted molar refractivity (Wildman–Crippen MR) is 88.9 cm³/mol. The van der Waals surface area contributed by atoms with Crippen molar-refractivity contribution < 1.29 is 9.53 Å². The molecule has 4 N–H and O–H groups in total. The number of amides is 1. The summed E-state index contributed by atoms with van der Waals surface area (Å²) in [4.78, 5) is 15.7. The van der Waals surface area contributed by atoms with E-state index in [1.54, 1.807) is 6.20 Å². The molecule has 1 heterocycles. The third-order valence-electron chi connectivity index (χ3n) is 3.23. The number of rotatable bonds is 7. The second-order valence-corrected chi connectivity index (χ2v) is 4.95. The summed E-state index contributed by atoms with van der Waals surface area (Å²) >= 11 is 0. The predicted octanol–water partition coefficient (Wildman–Crippen LogP) is 2.76. The van der Waals surface area contributed by atoms with Crippen molar-refractivity contribution in [2.24, 2.45) is 0 Å². The number of aromatic nitrogens is 1. The molecule has 1 aromatic carbocycles. The highest BCUT2D eigenvalue weighted by Gasteiger charge is 2.06. The highest BCUT2D eigenvalue weighted by atomic mass is 16.5. The van der Waals surface area contributed by atoms with E-state index in [1.165, 1.54) is 0 Å². The van der Waals surface area contributed by atoms with Crippen LogP contribution in [0, 0.1) is 0 Å². The maximum atomic E-state index is 11.4. The van der Waals surface area contributed by atoms with E-state index in [0.29, 0.717) is 25.4 Å². The molecule has 1 aromatic heterocycles. The molecule has 0 aliphatic carbocycles. The summed E-state index contributed by atoms with van der Waals surface area (Å²) < 4.78 is 5.02. The van der Waals surface area contributed by atoms with Gasteiger partial charge in [-0.05, 0) is 12.5 Å². The van der Waals surface area contributed by atoms with E-state index in [9.17, 15) is 4.79 Å². The first-order chi connectivity index (χ1) is 10.7. The molecule has 22 heavy (non-hydrogen) atoms. The molecule has 2 aromatic rings. The number of anilines is 2. The lowest BCUT2D eigenvalue weighted by Crippen LogP contribution is -2.29. The van der Waals surface area contributed by atoms with Gasteiger partial charge in [0.1, 0.15) is 0 Å². The number of nitrogen functional groups attached to an aromatic ring is 1. The van der Waals surface area contributed by atoms with Crippen molar-refractivity contribution in [1.29, 1.82) is 0 Å². The van der Waals surface area contributed by atoms with Crippen LogP contribution in [0.15, 0.2) is 30.5 Å². The number of hydrogen-bond acceptors (Lipinski definition) is 5. The molecule has 0 unspecified atom stereocenters. The molecule has 0 aliphatic rings. The number of alkyl carbamates (subject to hydrolysis) is 1. The van der Waals surface area contributed by atoms with Crippen molar-refractivity contribution >= 4 is 28.4 Å². The molecule has 6 nitrogen and oxygen atoms in total. The average Bonchev–Trinajstić information content (AvgIpc) is 2.53. The summed E-state index contributed by atoms with van der Waals surface area (Å²) in [5.41, 5.74) is 8.28. The molecule has 118 valence electrons. The van der Waals surface area contributed by atoms with Crippen LogP contribution in [0.4, 0.5) is 16.2 Å². The fourth-order valence-corrected chi connectivity index (χ4v) is 2.07. The number of fused-ring (bicyclic) bond motifs is 1. The van der Waals surface area contributed by atoms with Gasteiger partial charge in [0.05, 0.1) is 29.7 Å². The summed E-state index contributed by atoms with van der Waals surface area (Å²) in [6.45, 7) is 3.52. The van der Waals surface area contributed by atoms with E-state index in [-0.39, 0.29) is 6.09 Å². The fourth-order valence-electron chi connectivity index (χ4n) is 2.07. The lowest BCUT2D eigenvalue weighted by Gasteiger charge is -2.12. The van der Waals surface area contributed by atoms with E-state index in [4.69, 9.17) is 10.5 Å². The fraction of sp³-hybridized carbons (Fsp3) is 0.375. The van der Waals surface area contributed by atoms with Crippen LogP contribution in [0.25, 0.3) is 10.9 Å². The topological polar surface area (TPSA) is 89.3 Å². The molecule has 0 atom stereocenters. The third kappa shape index (κ3) is 4.25. The summed E-state index contributed by atoms with van der Waals surface area (Å²) in [7, 11) is 0. The largest absolute Gasteiger partial charge is 0.450 e. The number of nitrogens with one attached hydrogen (secondary N) is 2. The minimum Gasteiger partial charge on any atom is -0.450 e. The summed E-state index contributed by atoms with van der Waals surface area (Å²) in [6, 6.07) is 7.78. The first-order valence-electron chi connectivity index (χ1n) is 7.50. The Morgan fingerprint density at radius 1 is 1.32 bits per heavy atom. The van der Waals surface area contributed by atoms with Crippen molar-refractivity contribution in [3.05, 3.63) is 30.5 Å². The van der Waals surface area contributed by atoms with Crippen LogP contribution < -0.4 is 16.4 Å². The van der Waals surface area contributed by atoms with Gasteiger partial charge in [-0.3, -0.25) is 4.98 Å². The quantitative estimate of drug-likeness (QED) is 0.684. The Morgan fingerprint density at radius 3 is 2.95 bits per heavy atom. The van der Waals surface area contributed by atoms with Gasteiger partial charge in [0.25, 0.3) is 0 Å². The molecule has 6 heteroatoms. The average molecular weight is 302 g/mol. The number of pyridine rings is 1. The first-order valence-corrected chi connectivity index (χ1v) is 7.50. The Morgan fingerprint density at radius 2 is 2.14 bits per heavy atom. The van der Waals surface area contributed by atoms with Crippen LogP contribution in [0.1, 0.15) is 19.8 Å². The van der Waals surface area contributed by atoms with E-state index in [0.717, 1.165) is 29.4 Å². The second-order valence-electron chi connectivity index (χ2n) is 4.95. The van der Waals surface area contributed by atoms with Gasteiger partial charge in [-0.15, -0.1) is 0 Å². The molecule has 0 radical (unpaired) electrons. The zero-order chi connectivity index (χ0) is 15.8. The van der Waals surface area contributed by atoms with Gasteiger partial charge in [0, 0.05) is 18.5 Å². The Labute approximate surface area is 130 Å². The van der Waals surface area contributed by atoms with E-state index >= 15 is 0 Å². The number of unbranched alkanes of at least 4 members (excludes halogenated alkanes) is 1. The highest BCUT2D eigenvalue weighted by molar-refractivity contribution is 5.96. The maximum Gasteiger partial charge on any atom is 0.407 e. The van der Waals surface area contributed by atoms with E-state index in [2.05, 4.69) is 22.5 Å². The monoisotopic (exact) mass is 302 g/mol. The molecule has 0 saturated carbocycles. The zero-order valence-corrected chi connectivity index (χ0v) is 12.8. The Bertz CT molecular complexity index is 631. The van der Waals surface area contributed by atoms with Crippen molar-refractivity contribution in [2.75, 3.05) is 30.7 Å². The van der Waals surface area contributed by atoms with Gasteiger partial charge >= 0.3 is 6.09 Å². The molecule has 0 spiro atoms. The number of hydrogen-bond donors (Lipinski definition) is 3. The summed E-state index contributed by atoms with van der Waals surface area (Å²) in [5.74, 6) is 0. The molecular weight excluding hydrogens is 280 g/mol. The van der Waals surface area contributed by atoms with Crippen LogP contribution >= 0.6 is 0 Å². The molecule has 0 bridgehead atoms. The highest BCUT2D eigenvalue weighted by Crippen LogP contribution is 2.27. The van der Waals surface area contributed by atoms with Crippen molar-refractivity contribution in [3.8, 4) is 0 Å². The van der Waals surface area contributed by atoms with Gasteiger partial charge in [0.15, 0.2) is 0 Å². The van der Waals surface area contributed by atoms with Crippen LogP contribution in [0.3, 0.4) is 0 Å².